The van der Waals surface area contributed by atoms with Crippen molar-refractivity contribution in [2.45, 2.75) is 31.8 Å². The fraction of sp³-hybridized carbons (Fsp3) is 0.474. The zero-order valence-corrected chi connectivity index (χ0v) is 14.8. The first-order valence-corrected chi connectivity index (χ1v) is 9.22. The molecule has 2 aromatic rings. The van der Waals surface area contributed by atoms with Gasteiger partial charge in [0.2, 0.25) is 5.88 Å². The first kappa shape index (κ1) is 16.8. The molecule has 0 N–H and O–H groups in total. The summed E-state index contributed by atoms with van der Waals surface area (Å²) in [6.45, 7) is 3.32. The number of pyridine rings is 1. The molecule has 4 heterocycles. The van der Waals surface area contributed by atoms with Crippen LogP contribution >= 0.6 is 0 Å². The van der Waals surface area contributed by atoms with Gasteiger partial charge in [-0.15, -0.1) is 0 Å². The number of nitrogens with zero attached hydrogens (tertiary/aromatic N) is 5. The molecule has 0 bridgehead atoms. The molecular weight excluding hydrogens is 330 g/mol. The molecule has 26 heavy (non-hydrogen) atoms. The molecule has 0 aliphatic carbocycles. The number of anilines is 1. The number of piperidine rings is 1. The predicted octanol–water partition coefficient (Wildman–Crippen LogP) is 2.16. The maximum Gasteiger partial charge on any atom is 0.255 e. The van der Waals surface area contributed by atoms with Crippen LogP contribution in [-0.2, 0) is 0 Å². The van der Waals surface area contributed by atoms with Gasteiger partial charge in [0.1, 0.15) is 18.2 Å². The number of carbonyl (C=O) groups is 1. The SMILES string of the molecule is O=C(c1cccnc1)N1CCC(Oc2cc(N3CCCCC3)ncn2)C1. The zero-order chi connectivity index (χ0) is 17.8. The summed E-state index contributed by atoms with van der Waals surface area (Å²) in [5.41, 5.74) is 0.613. The average molecular weight is 353 g/mol. The van der Waals surface area contributed by atoms with Crippen LogP contribution in [-0.4, -0.2) is 58.0 Å². The molecule has 1 unspecified atom stereocenters. The monoisotopic (exact) mass is 353 g/mol. The lowest BCUT2D eigenvalue weighted by Gasteiger charge is -2.27. The van der Waals surface area contributed by atoms with Crippen LogP contribution in [0.2, 0.25) is 0 Å². The minimum Gasteiger partial charge on any atom is -0.472 e. The third-order valence-electron chi connectivity index (χ3n) is 4.94. The van der Waals surface area contributed by atoms with Crippen molar-refractivity contribution in [3.8, 4) is 5.88 Å². The Morgan fingerprint density at radius 1 is 1.15 bits per heavy atom. The summed E-state index contributed by atoms with van der Waals surface area (Å²) in [7, 11) is 0. The number of carbonyl (C=O) groups excluding carboxylic acids is 1. The second-order valence-electron chi connectivity index (χ2n) is 6.78. The highest BCUT2D eigenvalue weighted by Gasteiger charge is 2.28. The Kier molecular flexibility index (Phi) is 4.95. The molecular formula is C19H23N5O2. The summed E-state index contributed by atoms with van der Waals surface area (Å²) in [6, 6.07) is 5.48. The molecule has 136 valence electrons. The minimum absolute atomic E-state index is 0.000827. The fourth-order valence-corrected chi connectivity index (χ4v) is 3.54. The third kappa shape index (κ3) is 3.76. The second kappa shape index (κ2) is 7.68. The van der Waals surface area contributed by atoms with Gasteiger partial charge in [-0.2, -0.15) is 0 Å². The van der Waals surface area contributed by atoms with E-state index in [9.17, 15) is 4.79 Å². The fourth-order valence-electron chi connectivity index (χ4n) is 3.54. The van der Waals surface area contributed by atoms with Crippen molar-refractivity contribution < 1.29 is 9.53 Å². The first-order chi connectivity index (χ1) is 12.8. The van der Waals surface area contributed by atoms with Crippen molar-refractivity contribution in [2.75, 3.05) is 31.1 Å². The summed E-state index contributed by atoms with van der Waals surface area (Å²) in [6.07, 6.45) is 9.28. The lowest BCUT2D eigenvalue weighted by atomic mass is 10.1. The number of hydrogen-bond donors (Lipinski definition) is 0. The van der Waals surface area contributed by atoms with E-state index < -0.39 is 0 Å². The average Bonchev–Trinajstić information content (AvgIpc) is 3.17. The van der Waals surface area contributed by atoms with E-state index in [0.717, 1.165) is 25.3 Å². The van der Waals surface area contributed by atoms with Gasteiger partial charge in [-0.3, -0.25) is 9.78 Å². The zero-order valence-electron chi connectivity index (χ0n) is 14.8. The number of rotatable bonds is 4. The molecule has 0 aromatic carbocycles. The molecule has 2 fully saturated rings. The van der Waals surface area contributed by atoms with Gasteiger partial charge < -0.3 is 14.5 Å². The summed E-state index contributed by atoms with van der Waals surface area (Å²) in [5.74, 6) is 1.51. The quantitative estimate of drug-likeness (QED) is 0.839. The number of aromatic nitrogens is 3. The van der Waals surface area contributed by atoms with Crippen molar-refractivity contribution >= 4 is 11.7 Å². The number of hydrogen-bond acceptors (Lipinski definition) is 6. The van der Waals surface area contributed by atoms with Crippen LogP contribution in [0.1, 0.15) is 36.0 Å². The Morgan fingerprint density at radius 3 is 2.85 bits per heavy atom. The molecule has 7 nitrogen and oxygen atoms in total. The van der Waals surface area contributed by atoms with Gasteiger partial charge in [-0.05, 0) is 31.4 Å². The van der Waals surface area contributed by atoms with E-state index in [1.54, 1.807) is 30.9 Å². The topological polar surface area (TPSA) is 71.5 Å². The summed E-state index contributed by atoms with van der Waals surface area (Å²) in [5, 5.41) is 0. The van der Waals surface area contributed by atoms with Crippen LogP contribution in [0.25, 0.3) is 0 Å². The van der Waals surface area contributed by atoms with Crippen LogP contribution in [0.4, 0.5) is 5.82 Å². The minimum atomic E-state index is -0.0419. The maximum atomic E-state index is 12.5. The van der Waals surface area contributed by atoms with E-state index >= 15 is 0 Å². The van der Waals surface area contributed by atoms with Crippen LogP contribution < -0.4 is 9.64 Å². The molecule has 1 amide bonds. The normalized spacial score (nSPS) is 20.2. The molecule has 0 radical (unpaired) electrons. The maximum absolute atomic E-state index is 12.5. The Labute approximate surface area is 153 Å². The van der Waals surface area contributed by atoms with E-state index in [1.807, 2.05) is 11.0 Å². The Hall–Kier alpha value is -2.70. The molecule has 2 saturated heterocycles. The van der Waals surface area contributed by atoms with Crippen LogP contribution in [0.3, 0.4) is 0 Å². The number of amides is 1. The van der Waals surface area contributed by atoms with Crippen molar-refractivity contribution in [1.82, 2.24) is 19.9 Å². The second-order valence-corrected chi connectivity index (χ2v) is 6.78. The van der Waals surface area contributed by atoms with Gasteiger partial charge in [0.05, 0.1) is 12.1 Å². The molecule has 1 atom stereocenters. The van der Waals surface area contributed by atoms with Crippen LogP contribution in [0.5, 0.6) is 5.88 Å². The highest BCUT2D eigenvalue weighted by atomic mass is 16.5. The molecule has 0 spiro atoms. The summed E-state index contributed by atoms with van der Waals surface area (Å²) >= 11 is 0. The predicted molar refractivity (Wildman–Crippen MR) is 97.3 cm³/mol. The summed E-state index contributed by atoms with van der Waals surface area (Å²) < 4.78 is 6.04. The number of ether oxygens (including phenoxy) is 1. The van der Waals surface area contributed by atoms with Gasteiger partial charge in [0.25, 0.3) is 5.91 Å². The molecule has 7 heteroatoms. The molecule has 4 rings (SSSR count). The van der Waals surface area contributed by atoms with Gasteiger partial charge in [0, 0.05) is 44.5 Å². The standard InChI is InChI=1S/C19H23N5O2/c25-19(15-5-4-7-20-12-15)24-10-6-16(13-24)26-18-11-17(21-14-22-18)23-8-2-1-3-9-23/h4-5,7,11-12,14,16H,1-3,6,8-10,13H2. The van der Waals surface area contributed by atoms with E-state index in [-0.39, 0.29) is 12.0 Å². The van der Waals surface area contributed by atoms with Gasteiger partial charge >= 0.3 is 0 Å². The molecule has 2 aromatic heterocycles. The summed E-state index contributed by atoms with van der Waals surface area (Å²) in [4.78, 5) is 29.3. The number of likely N-dealkylation sites (tertiary alicyclic amines) is 1. The van der Waals surface area contributed by atoms with Gasteiger partial charge in [-0.1, -0.05) is 0 Å². The first-order valence-electron chi connectivity index (χ1n) is 9.22. The Morgan fingerprint density at radius 2 is 2.04 bits per heavy atom. The van der Waals surface area contributed by atoms with E-state index in [2.05, 4.69) is 19.9 Å². The molecule has 2 aliphatic rings. The van der Waals surface area contributed by atoms with E-state index in [4.69, 9.17) is 4.74 Å². The van der Waals surface area contributed by atoms with Crippen molar-refractivity contribution in [2.24, 2.45) is 0 Å². The molecule has 0 saturated carbocycles. The smallest absolute Gasteiger partial charge is 0.255 e. The van der Waals surface area contributed by atoms with Crippen LogP contribution in [0.15, 0.2) is 36.9 Å². The molecule has 2 aliphatic heterocycles. The van der Waals surface area contributed by atoms with E-state index in [1.165, 1.54) is 19.3 Å². The Balaban J connectivity index is 1.37. The lowest BCUT2D eigenvalue weighted by Crippen LogP contribution is -2.31. The van der Waals surface area contributed by atoms with Crippen molar-refractivity contribution in [1.29, 1.82) is 0 Å². The van der Waals surface area contributed by atoms with E-state index in [0.29, 0.717) is 24.5 Å². The van der Waals surface area contributed by atoms with Crippen LogP contribution in [0, 0.1) is 0 Å². The largest absolute Gasteiger partial charge is 0.472 e. The highest BCUT2D eigenvalue weighted by molar-refractivity contribution is 5.94. The van der Waals surface area contributed by atoms with Gasteiger partial charge in [0.15, 0.2) is 0 Å². The lowest BCUT2D eigenvalue weighted by molar-refractivity contribution is 0.0770. The van der Waals surface area contributed by atoms with Crippen molar-refractivity contribution in [3.63, 3.8) is 0 Å². The van der Waals surface area contributed by atoms with Crippen molar-refractivity contribution in [3.05, 3.63) is 42.5 Å². The highest BCUT2D eigenvalue weighted by Crippen LogP contribution is 2.23. The third-order valence-corrected chi connectivity index (χ3v) is 4.94. The Bertz CT molecular complexity index is 749. The van der Waals surface area contributed by atoms with Gasteiger partial charge in [-0.25, -0.2) is 9.97 Å².